The third-order valence-electron chi connectivity index (χ3n) is 2.70. The Kier molecular flexibility index (Phi) is 6.42. The monoisotopic (exact) mass is 347 g/mol. The summed E-state index contributed by atoms with van der Waals surface area (Å²) < 4.78 is 38.3. The summed E-state index contributed by atoms with van der Waals surface area (Å²) in [5.74, 6) is -0.868. The SMILES string of the molecule is CN(/C=C(/C#N)C(=O)Nc1ccc(Cl)c(C(F)(F)F)c1)CCO. The van der Waals surface area contributed by atoms with Gasteiger partial charge in [-0.2, -0.15) is 18.4 Å². The van der Waals surface area contributed by atoms with Crippen molar-refractivity contribution in [2.24, 2.45) is 0 Å². The molecule has 0 aliphatic heterocycles. The molecule has 9 heteroatoms. The van der Waals surface area contributed by atoms with Crippen LogP contribution in [0.25, 0.3) is 0 Å². The molecule has 0 atom stereocenters. The fourth-order valence-electron chi connectivity index (χ4n) is 1.60. The van der Waals surface area contributed by atoms with Crippen molar-refractivity contribution >= 4 is 23.2 Å². The summed E-state index contributed by atoms with van der Waals surface area (Å²) in [7, 11) is 1.53. The number of rotatable bonds is 5. The first-order valence-corrected chi connectivity index (χ1v) is 6.68. The lowest BCUT2D eigenvalue weighted by Gasteiger charge is -2.13. The smallest absolute Gasteiger partial charge is 0.395 e. The Bertz CT molecular complexity index is 654. The molecule has 124 valence electrons. The molecular weight excluding hydrogens is 335 g/mol. The minimum atomic E-state index is -4.66. The molecule has 0 spiro atoms. The number of aliphatic hydroxyl groups excluding tert-OH is 1. The van der Waals surface area contributed by atoms with Crippen LogP contribution < -0.4 is 5.32 Å². The van der Waals surface area contributed by atoms with E-state index in [1.165, 1.54) is 24.2 Å². The second-order valence-corrected chi connectivity index (χ2v) is 4.91. The first-order chi connectivity index (χ1) is 10.7. The Morgan fingerprint density at radius 2 is 2.17 bits per heavy atom. The number of halogens is 4. The Hall–Kier alpha value is -2.24. The molecule has 23 heavy (non-hydrogen) atoms. The lowest BCUT2D eigenvalue weighted by molar-refractivity contribution is -0.137. The topological polar surface area (TPSA) is 76.4 Å². The number of anilines is 1. The molecule has 1 aromatic rings. The van der Waals surface area contributed by atoms with Gasteiger partial charge in [0.05, 0.1) is 17.2 Å². The number of carbonyl (C=O) groups excluding carboxylic acids is 1. The lowest BCUT2D eigenvalue weighted by atomic mass is 10.2. The number of carbonyl (C=O) groups is 1. The molecule has 0 radical (unpaired) electrons. The van der Waals surface area contributed by atoms with Crippen LogP contribution in [-0.4, -0.2) is 36.1 Å². The van der Waals surface area contributed by atoms with Crippen LogP contribution >= 0.6 is 11.6 Å². The molecule has 1 rings (SSSR count). The van der Waals surface area contributed by atoms with Gasteiger partial charge in [0.25, 0.3) is 5.91 Å². The number of amides is 1. The largest absolute Gasteiger partial charge is 0.417 e. The zero-order valence-electron chi connectivity index (χ0n) is 12.0. The van der Waals surface area contributed by atoms with Crippen LogP contribution in [0.5, 0.6) is 0 Å². The zero-order valence-corrected chi connectivity index (χ0v) is 12.7. The van der Waals surface area contributed by atoms with Crippen molar-refractivity contribution in [2.45, 2.75) is 6.18 Å². The van der Waals surface area contributed by atoms with E-state index >= 15 is 0 Å². The van der Waals surface area contributed by atoms with Crippen molar-refractivity contribution < 1.29 is 23.1 Å². The lowest BCUT2D eigenvalue weighted by Crippen LogP contribution is -2.20. The summed E-state index contributed by atoms with van der Waals surface area (Å²) in [5.41, 5.74) is -1.54. The normalized spacial score (nSPS) is 11.8. The second kappa shape index (κ2) is 7.85. The number of alkyl halides is 3. The highest BCUT2D eigenvalue weighted by Gasteiger charge is 2.33. The summed E-state index contributed by atoms with van der Waals surface area (Å²) in [5, 5.41) is 19.4. The first kappa shape index (κ1) is 18.8. The first-order valence-electron chi connectivity index (χ1n) is 6.30. The maximum Gasteiger partial charge on any atom is 0.417 e. The van der Waals surface area contributed by atoms with E-state index in [1.54, 1.807) is 6.07 Å². The molecule has 0 bridgehead atoms. The number of hydrogen-bond acceptors (Lipinski definition) is 4. The Morgan fingerprint density at radius 3 is 2.70 bits per heavy atom. The molecule has 0 saturated carbocycles. The zero-order chi connectivity index (χ0) is 17.6. The van der Waals surface area contributed by atoms with Crippen molar-refractivity contribution in [2.75, 3.05) is 25.5 Å². The van der Waals surface area contributed by atoms with Crippen LogP contribution in [0.15, 0.2) is 30.0 Å². The van der Waals surface area contributed by atoms with Crippen molar-refractivity contribution in [1.29, 1.82) is 5.26 Å². The maximum atomic E-state index is 12.8. The standard InChI is InChI=1S/C14H13ClF3N3O2/c1-21(4-5-22)8-9(7-19)13(23)20-10-2-3-12(15)11(6-10)14(16,17)18/h2-3,6,8,22H,4-5H2,1H3,(H,20,23)/b9-8-. The molecule has 2 N–H and O–H groups in total. The molecule has 1 aromatic carbocycles. The molecule has 5 nitrogen and oxygen atoms in total. The van der Waals surface area contributed by atoms with E-state index in [0.717, 1.165) is 6.07 Å². The van der Waals surface area contributed by atoms with Gasteiger partial charge in [-0.15, -0.1) is 0 Å². The number of nitriles is 1. The van der Waals surface area contributed by atoms with Gasteiger partial charge in [-0.3, -0.25) is 4.79 Å². The number of hydrogen-bond donors (Lipinski definition) is 2. The average molecular weight is 348 g/mol. The predicted octanol–water partition coefficient (Wildman–Crippen LogP) is 2.63. The summed E-state index contributed by atoms with van der Waals surface area (Å²) in [6, 6.07) is 4.54. The van der Waals surface area contributed by atoms with Gasteiger partial charge in [0.2, 0.25) is 0 Å². The third kappa shape index (κ3) is 5.47. The number of likely N-dealkylation sites (N-methyl/N-ethyl adjacent to an activating group) is 1. The van der Waals surface area contributed by atoms with E-state index in [4.69, 9.17) is 22.0 Å². The van der Waals surface area contributed by atoms with E-state index in [0.29, 0.717) is 6.07 Å². The second-order valence-electron chi connectivity index (χ2n) is 4.51. The Balaban J connectivity index is 2.99. The van der Waals surface area contributed by atoms with Gasteiger partial charge in [-0.1, -0.05) is 11.6 Å². The number of nitrogens with zero attached hydrogens (tertiary/aromatic N) is 2. The highest BCUT2D eigenvalue weighted by atomic mass is 35.5. The summed E-state index contributed by atoms with van der Waals surface area (Å²) in [6.07, 6.45) is -3.47. The van der Waals surface area contributed by atoms with Gasteiger partial charge in [-0.05, 0) is 18.2 Å². The number of nitrogens with one attached hydrogen (secondary N) is 1. The van der Waals surface area contributed by atoms with Gasteiger partial charge in [0, 0.05) is 25.5 Å². The summed E-state index contributed by atoms with van der Waals surface area (Å²) >= 11 is 5.48. The molecule has 0 fully saturated rings. The predicted molar refractivity (Wildman–Crippen MR) is 78.5 cm³/mol. The fraction of sp³-hybridized carbons (Fsp3) is 0.286. The van der Waals surface area contributed by atoms with Crippen molar-refractivity contribution in [3.63, 3.8) is 0 Å². The Labute approximate surface area is 135 Å². The van der Waals surface area contributed by atoms with Crippen LogP contribution in [0.3, 0.4) is 0 Å². The van der Waals surface area contributed by atoms with E-state index in [-0.39, 0.29) is 24.4 Å². The number of aliphatic hydroxyl groups is 1. The third-order valence-corrected chi connectivity index (χ3v) is 3.03. The van der Waals surface area contributed by atoms with E-state index < -0.39 is 22.7 Å². The van der Waals surface area contributed by atoms with Crippen LogP contribution in [0, 0.1) is 11.3 Å². The van der Waals surface area contributed by atoms with Crippen molar-refractivity contribution in [3.05, 3.63) is 40.6 Å². The molecular formula is C14H13ClF3N3O2. The van der Waals surface area contributed by atoms with E-state index in [1.807, 2.05) is 0 Å². The summed E-state index contributed by atoms with van der Waals surface area (Å²) in [4.78, 5) is 13.3. The van der Waals surface area contributed by atoms with Crippen molar-refractivity contribution in [3.8, 4) is 6.07 Å². The molecule has 0 heterocycles. The Morgan fingerprint density at radius 1 is 1.52 bits per heavy atom. The molecule has 0 unspecified atom stereocenters. The molecule has 0 aliphatic rings. The average Bonchev–Trinajstić information content (AvgIpc) is 2.45. The van der Waals surface area contributed by atoms with Gasteiger partial charge >= 0.3 is 6.18 Å². The van der Waals surface area contributed by atoms with Gasteiger partial charge < -0.3 is 15.3 Å². The minimum Gasteiger partial charge on any atom is -0.395 e. The molecule has 0 saturated heterocycles. The van der Waals surface area contributed by atoms with Gasteiger partial charge in [0.15, 0.2) is 0 Å². The fourth-order valence-corrected chi connectivity index (χ4v) is 1.82. The molecule has 1 amide bonds. The summed E-state index contributed by atoms with van der Waals surface area (Å²) in [6.45, 7) is 0.0110. The maximum absolute atomic E-state index is 12.8. The van der Waals surface area contributed by atoms with E-state index in [9.17, 15) is 18.0 Å². The van der Waals surface area contributed by atoms with Crippen LogP contribution in [-0.2, 0) is 11.0 Å². The highest BCUT2D eigenvalue weighted by molar-refractivity contribution is 6.31. The van der Waals surface area contributed by atoms with E-state index in [2.05, 4.69) is 5.32 Å². The quantitative estimate of drug-likeness (QED) is 0.634. The van der Waals surface area contributed by atoms with Gasteiger partial charge in [-0.25, -0.2) is 0 Å². The van der Waals surface area contributed by atoms with Gasteiger partial charge in [0.1, 0.15) is 11.6 Å². The minimum absolute atomic E-state index is 0.141. The van der Waals surface area contributed by atoms with Crippen molar-refractivity contribution in [1.82, 2.24) is 4.90 Å². The van der Waals surface area contributed by atoms with Crippen LogP contribution in [0.2, 0.25) is 5.02 Å². The highest BCUT2D eigenvalue weighted by Crippen LogP contribution is 2.36. The number of benzene rings is 1. The molecule has 0 aliphatic carbocycles. The van der Waals surface area contributed by atoms with Crippen LogP contribution in [0.1, 0.15) is 5.56 Å². The van der Waals surface area contributed by atoms with Crippen LogP contribution in [0.4, 0.5) is 18.9 Å². The molecule has 0 aromatic heterocycles.